The Hall–Kier alpha value is -1.70. The maximum atomic E-state index is 13.8. The molecule has 6 heteroatoms. The fraction of sp³-hybridized carbons (Fsp3) is 0.278. The fourth-order valence-corrected chi connectivity index (χ4v) is 2.68. The van der Waals surface area contributed by atoms with Gasteiger partial charge in [0.2, 0.25) is 0 Å². The summed E-state index contributed by atoms with van der Waals surface area (Å²) in [4.78, 5) is 4.16. The van der Waals surface area contributed by atoms with Crippen LogP contribution in [0, 0.1) is 11.6 Å². The number of hydrogen-bond donors (Lipinski definition) is 2. The van der Waals surface area contributed by atoms with Crippen molar-refractivity contribution < 1.29 is 8.78 Å². The van der Waals surface area contributed by atoms with Gasteiger partial charge in [-0.3, -0.25) is 4.99 Å². The summed E-state index contributed by atoms with van der Waals surface area (Å²) in [5, 5.41) is 6.43. The summed E-state index contributed by atoms with van der Waals surface area (Å²) in [6, 6.07) is 13.5. The smallest absolute Gasteiger partial charge is 0.191 e. The molecule has 1 saturated carbocycles. The fourth-order valence-electron chi connectivity index (χ4n) is 2.68. The number of guanidine groups is 1. The number of halogens is 3. The van der Waals surface area contributed by atoms with Crippen LogP contribution in [0.15, 0.2) is 53.5 Å². The molecular weight excluding hydrogens is 423 g/mol. The zero-order valence-electron chi connectivity index (χ0n) is 13.3. The van der Waals surface area contributed by atoms with Gasteiger partial charge in [0.1, 0.15) is 11.6 Å². The summed E-state index contributed by atoms with van der Waals surface area (Å²) < 4.78 is 26.9. The van der Waals surface area contributed by atoms with E-state index in [9.17, 15) is 8.78 Å². The molecule has 2 aromatic carbocycles. The number of aliphatic imine (C=N–C) groups is 1. The highest BCUT2D eigenvalue weighted by Gasteiger charge is 2.40. The van der Waals surface area contributed by atoms with E-state index < -0.39 is 0 Å². The highest BCUT2D eigenvalue weighted by atomic mass is 127. The Bertz CT molecular complexity index is 721. The molecule has 0 aromatic heterocycles. The first kappa shape index (κ1) is 18.6. The summed E-state index contributed by atoms with van der Waals surface area (Å²) in [6.07, 6.45) is 0.877. The first-order valence-corrected chi connectivity index (χ1v) is 7.63. The Morgan fingerprint density at radius 1 is 1.17 bits per heavy atom. The van der Waals surface area contributed by atoms with Crippen LogP contribution >= 0.6 is 24.0 Å². The van der Waals surface area contributed by atoms with Crippen LogP contribution in [0.1, 0.15) is 23.5 Å². The van der Waals surface area contributed by atoms with Gasteiger partial charge in [0.15, 0.2) is 5.96 Å². The molecule has 0 heterocycles. The molecule has 0 amide bonds. The van der Waals surface area contributed by atoms with Crippen molar-refractivity contribution in [2.45, 2.75) is 24.9 Å². The van der Waals surface area contributed by atoms with E-state index in [-0.39, 0.29) is 47.6 Å². The molecule has 2 unspecified atom stereocenters. The van der Waals surface area contributed by atoms with Crippen molar-refractivity contribution in [1.82, 2.24) is 10.6 Å². The maximum Gasteiger partial charge on any atom is 0.191 e. The van der Waals surface area contributed by atoms with Crippen LogP contribution in [0.5, 0.6) is 0 Å². The molecule has 1 aliphatic rings. The molecule has 0 radical (unpaired) electrons. The molecule has 0 spiro atoms. The molecule has 0 saturated heterocycles. The molecular formula is C18H20F2IN3. The van der Waals surface area contributed by atoms with Gasteiger partial charge in [-0.05, 0) is 35.7 Å². The summed E-state index contributed by atoms with van der Waals surface area (Å²) in [5.74, 6) is 0.389. The van der Waals surface area contributed by atoms with Crippen molar-refractivity contribution in [3.05, 3.63) is 71.3 Å². The molecule has 24 heavy (non-hydrogen) atoms. The Balaban J connectivity index is 0.00000208. The Morgan fingerprint density at radius 2 is 1.96 bits per heavy atom. The summed E-state index contributed by atoms with van der Waals surface area (Å²) in [7, 11) is 1.68. The van der Waals surface area contributed by atoms with Crippen LogP contribution in [-0.2, 0) is 6.54 Å². The molecule has 2 atom stereocenters. The zero-order valence-corrected chi connectivity index (χ0v) is 15.6. The van der Waals surface area contributed by atoms with E-state index in [0.717, 1.165) is 17.5 Å². The Kier molecular flexibility index (Phi) is 6.53. The van der Waals surface area contributed by atoms with Gasteiger partial charge in [-0.1, -0.05) is 30.3 Å². The van der Waals surface area contributed by atoms with Crippen LogP contribution in [0.2, 0.25) is 0 Å². The van der Waals surface area contributed by atoms with Crippen molar-refractivity contribution in [3.8, 4) is 0 Å². The van der Waals surface area contributed by atoms with Crippen molar-refractivity contribution in [2.24, 2.45) is 4.99 Å². The van der Waals surface area contributed by atoms with Crippen molar-refractivity contribution >= 4 is 29.9 Å². The van der Waals surface area contributed by atoms with Crippen LogP contribution in [0.4, 0.5) is 8.78 Å². The quantitative estimate of drug-likeness (QED) is 0.429. The molecule has 1 aliphatic carbocycles. The van der Waals surface area contributed by atoms with E-state index in [1.165, 1.54) is 18.2 Å². The average molecular weight is 443 g/mol. The SMILES string of the molecule is CN=C(NCc1cccc(F)c1)NC1CC1c1ccccc1F.I. The van der Waals surface area contributed by atoms with E-state index in [1.807, 2.05) is 18.2 Å². The predicted octanol–water partition coefficient (Wildman–Crippen LogP) is 3.80. The van der Waals surface area contributed by atoms with E-state index in [4.69, 9.17) is 0 Å². The highest BCUT2D eigenvalue weighted by Crippen LogP contribution is 2.41. The van der Waals surface area contributed by atoms with Crippen molar-refractivity contribution in [2.75, 3.05) is 7.05 Å². The molecule has 1 fully saturated rings. The van der Waals surface area contributed by atoms with Crippen LogP contribution in [-0.4, -0.2) is 19.0 Å². The monoisotopic (exact) mass is 443 g/mol. The normalized spacial score (nSPS) is 19.4. The van der Waals surface area contributed by atoms with Gasteiger partial charge >= 0.3 is 0 Å². The number of nitrogens with one attached hydrogen (secondary N) is 2. The molecule has 2 N–H and O–H groups in total. The van der Waals surface area contributed by atoms with Gasteiger partial charge in [0, 0.05) is 25.6 Å². The molecule has 3 nitrogen and oxygen atoms in total. The van der Waals surface area contributed by atoms with Gasteiger partial charge in [0.25, 0.3) is 0 Å². The van der Waals surface area contributed by atoms with E-state index in [1.54, 1.807) is 19.2 Å². The van der Waals surface area contributed by atoms with Gasteiger partial charge in [-0.25, -0.2) is 8.78 Å². The molecule has 3 rings (SSSR count). The average Bonchev–Trinajstić information content (AvgIpc) is 3.31. The van der Waals surface area contributed by atoms with Gasteiger partial charge in [0.05, 0.1) is 0 Å². The second kappa shape index (κ2) is 8.41. The summed E-state index contributed by atoms with van der Waals surface area (Å²) in [5.41, 5.74) is 1.58. The third-order valence-corrected chi connectivity index (χ3v) is 3.99. The topological polar surface area (TPSA) is 36.4 Å². The van der Waals surface area contributed by atoms with Crippen LogP contribution < -0.4 is 10.6 Å². The lowest BCUT2D eigenvalue weighted by molar-refractivity contribution is 0.607. The zero-order chi connectivity index (χ0) is 16.2. The molecule has 0 bridgehead atoms. The largest absolute Gasteiger partial charge is 0.353 e. The maximum absolute atomic E-state index is 13.8. The summed E-state index contributed by atoms with van der Waals surface area (Å²) >= 11 is 0. The number of rotatable bonds is 4. The first-order valence-electron chi connectivity index (χ1n) is 7.63. The predicted molar refractivity (Wildman–Crippen MR) is 103 cm³/mol. The standard InChI is InChI=1S/C18H19F2N3.HI/c1-21-18(22-11-12-5-4-6-13(19)9-12)23-17-10-15(17)14-7-2-3-8-16(14)20;/h2-9,15,17H,10-11H2,1H3,(H2,21,22,23);1H. The lowest BCUT2D eigenvalue weighted by Crippen LogP contribution is -2.38. The van der Waals surface area contributed by atoms with E-state index >= 15 is 0 Å². The van der Waals surface area contributed by atoms with E-state index in [2.05, 4.69) is 15.6 Å². The Morgan fingerprint density at radius 3 is 2.67 bits per heavy atom. The first-order chi connectivity index (χ1) is 11.2. The molecule has 128 valence electrons. The van der Waals surface area contributed by atoms with Crippen molar-refractivity contribution in [1.29, 1.82) is 0 Å². The van der Waals surface area contributed by atoms with Gasteiger partial charge < -0.3 is 10.6 Å². The third-order valence-electron chi connectivity index (χ3n) is 3.99. The van der Waals surface area contributed by atoms with Gasteiger partial charge in [-0.15, -0.1) is 24.0 Å². The number of hydrogen-bond acceptors (Lipinski definition) is 1. The number of nitrogens with zero attached hydrogens (tertiary/aromatic N) is 1. The van der Waals surface area contributed by atoms with Crippen LogP contribution in [0.3, 0.4) is 0 Å². The minimum absolute atomic E-state index is 0. The number of benzene rings is 2. The van der Waals surface area contributed by atoms with Crippen LogP contribution in [0.25, 0.3) is 0 Å². The lowest BCUT2D eigenvalue weighted by atomic mass is 10.1. The lowest BCUT2D eigenvalue weighted by Gasteiger charge is -2.12. The molecule has 2 aromatic rings. The third kappa shape index (κ3) is 4.66. The molecule has 0 aliphatic heterocycles. The van der Waals surface area contributed by atoms with E-state index in [0.29, 0.717) is 12.5 Å². The highest BCUT2D eigenvalue weighted by molar-refractivity contribution is 14.0. The Labute approximate surface area is 157 Å². The second-order valence-electron chi connectivity index (χ2n) is 5.67. The van der Waals surface area contributed by atoms with Crippen molar-refractivity contribution in [3.63, 3.8) is 0 Å². The minimum Gasteiger partial charge on any atom is -0.353 e. The second-order valence-corrected chi connectivity index (χ2v) is 5.67. The van der Waals surface area contributed by atoms with Gasteiger partial charge in [-0.2, -0.15) is 0 Å². The minimum atomic E-state index is -0.256. The summed E-state index contributed by atoms with van der Waals surface area (Å²) in [6.45, 7) is 0.481.